The highest BCUT2D eigenvalue weighted by molar-refractivity contribution is 7.03. The van der Waals surface area contributed by atoms with Gasteiger partial charge in [-0.3, -0.25) is 9.48 Å². The molecule has 0 N–H and O–H groups in total. The third-order valence-electron chi connectivity index (χ3n) is 3.35. The maximum atomic E-state index is 12.1. The third kappa shape index (κ3) is 2.64. The van der Waals surface area contributed by atoms with Gasteiger partial charge in [-0.15, -0.1) is 0 Å². The number of carbonyl (C=O) groups is 1. The SMILES string of the molecule is O=C(c1ccsn1)N1CCC(n2cc(Cl)cn2)CC1. The monoisotopic (exact) mass is 296 g/mol. The molecule has 3 rings (SSSR count). The largest absolute Gasteiger partial charge is 0.337 e. The zero-order valence-electron chi connectivity index (χ0n) is 10.2. The highest BCUT2D eigenvalue weighted by atomic mass is 35.5. The molecule has 0 radical (unpaired) electrons. The number of aromatic nitrogens is 3. The molecule has 0 spiro atoms. The van der Waals surface area contributed by atoms with Crippen LogP contribution >= 0.6 is 23.1 Å². The van der Waals surface area contributed by atoms with E-state index in [0.29, 0.717) is 16.8 Å². The van der Waals surface area contributed by atoms with Crippen LogP contribution in [0.4, 0.5) is 0 Å². The summed E-state index contributed by atoms with van der Waals surface area (Å²) in [6, 6.07) is 2.10. The van der Waals surface area contributed by atoms with E-state index in [-0.39, 0.29) is 5.91 Å². The van der Waals surface area contributed by atoms with Crippen LogP contribution in [0.15, 0.2) is 23.8 Å². The van der Waals surface area contributed by atoms with E-state index in [1.165, 1.54) is 11.5 Å². The van der Waals surface area contributed by atoms with E-state index < -0.39 is 0 Å². The molecule has 5 nitrogen and oxygen atoms in total. The van der Waals surface area contributed by atoms with Crippen LogP contribution in [0, 0.1) is 0 Å². The molecule has 1 amide bonds. The van der Waals surface area contributed by atoms with E-state index in [0.717, 1.165) is 25.9 Å². The van der Waals surface area contributed by atoms with Gasteiger partial charge in [0.2, 0.25) is 0 Å². The Bertz CT molecular complexity index is 560. The Labute approximate surface area is 120 Å². The van der Waals surface area contributed by atoms with Gasteiger partial charge in [-0.25, -0.2) is 0 Å². The molecule has 0 bridgehead atoms. The van der Waals surface area contributed by atoms with Crippen LogP contribution in [-0.4, -0.2) is 38.1 Å². The Morgan fingerprint density at radius 3 is 2.79 bits per heavy atom. The molecular formula is C12H13ClN4OS. The first-order chi connectivity index (χ1) is 9.24. The van der Waals surface area contributed by atoms with Crippen molar-refractivity contribution in [1.29, 1.82) is 0 Å². The van der Waals surface area contributed by atoms with E-state index in [1.54, 1.807) is 12.3 Å². The Balaban J connectivity index is 1.62. The predicted octanol–water partition coefficient (Wildman–Crippen LogP) is 2.47. The fraction of sp³-hybridized carbons (Fsp3) is 0.417. The van der Waals surface area contributed by atoms with Gasteiger partial charge >= 0.3 is 0 Å². The summed E-state index contributed by atoms with van der Waals surface area (Å²) in [6.45, 7) is 1.47. The third-order valence-corrected chi connectivity index (χ3v) is 4.11. The van der Waals surface area contributed by atoms with E-state index in [2.05, 4.69) is 9.47 Å². The van der Waals surface area contributed by atoms with Gasteiger partial charge in [-0.05, 0) is 30.4 Å². The number of carbonyl (C=O) groups excluding carboxylic acids is 1. The van der Waals surface area contributed by atoms with Crippen LogP contribution in [0.5, 0.6) is 0 Å². The van der Waals surface area contributed by atoms with Crippen LogP contribution in [-0.2, 0) is 0 Å². The average Bonchev–Trinajstić information content (AvgIpc) is 3.09. The molecule has 1 aliphatic rings. The minimum Gasteiger partial charge on any atom is -0.337 e. The van der Waals surface area contributed by atoms with Crippen molar-refractivity contribution in [1.82, 2.24) is 19.1 Å². The minimum absolute atomic E-state index is 0.0261. The molecule has 1 saturated heterocycles. The molecule has 100 valence electrons. The highest BCUT2D eigenvalue weighted by Crippen LogP contribution is 2.24. The summed E-state index contributed by atoms with van der Waals surface area (Å²) in [5.41, 5.74) is 0.547. The molecule has 7 heteroatoms. The first-order valence-corrected chi connectivity index (χ1v) is 7.35. The first-order valence-electron chi connectivity index (χ1n) is 6.13. The second-order valence-corrected chi connectivity index (χ2v) is 5.65. The summed E-state index contributed by atoms with van der Waals surface area (Å²) in [4.78, 5) is 14.0. The lowest BCUT2D eigenvalue weighted by Gasteiger charge is -2.31. The summed E-state index contributed by atoms with van der Waals surface area (Å²) in [5, 5.41) is 6.71. The Morgan fingerprint density at radius 2 is 2.21 bits per heavy atom. The fourth-order valence-electron chi connectivity index (χ4n) is 2.33. The summed E-state index contributed by atoms with van der Waals surface area (Å²) in [5.74, 6) is 0.0261. The molecule has 3 heterocycles. The van der Waals surface area contributed by atoms with Gasteiger partial charge in [0.05, 0.1) is 17.3 Å². The van der Waals surface area contributed by atoms with Crippen LogP contribution in [0.2, 0.25) is 5.02 Å². The molecule has 2 aromatic rings. The number of nitrogens with zero attached hydrogens (tertiary/aromatic N) is 4. The standard InChI is InChI=1S/C12H13ClN4OS/c13-9-7-14-17(8-9)10-1-4-16(5-2-10)12(18)11-3-6-19-15-11/h3,6-8,10H,1-2,4-5H2. The van der Waals surface area contributed by atoms with Crippen molar-refractivity contribution in [2.24, 2.45) is 0 Å². The molecule has 19 heavy (non-hydrogen) atoms. The first kappa shape index (κ1) is 12.6. The summed E-state index contributed by atoms with van der Waals surface area (Å²) in [7, 11) is 0. The Kier molecular flexibility index (Phi) is 3.52. The number of likely N-dealkylation sites (tertiary alicyclic amines) is 1. The summed E-state index contributed by atoms with van der Waals surface area (Å²) < 4.78 is 5.98. The average molecular weight is 297 g/mol. The molecular weight excluding hydrogens is 284 g/mol. The number of rotatable bonds is 2. The van der Waals surface area contributed by atoms with Gasteiger partial charge in [-0.2, -0.15) is 9.47 Å². The zero-order valence-corrected chi connectivity index (χ0v) is 11.8. The normalized spacial score (nSPS) is 16.8. The molecule has 1 fully saturated rings. The summed E-state index contributed by atoms with van der Waals surface area (Å²) >= 11 is 7.18. The Morgan fingerprint density at radius 1 is 1.42 bits per heavy atom. The van der Waals surface area contributed by atoms with E-state index >= 15 is 0 Å². The number of hydrogen-bond acceptors (Lipinski definition) is 4. The molecule has 0 saturated carbocycles. The Hall–Kier alpha value is -1.40. The molecule has 1 aliphatic heterocycles. The number of amides is 1. The van der Waals surface area contributed by atoms with Gasteiger partial charge in [-0.1, -0.05) is 11.6 Å². The quantitative estimate of drug-likeness (QED) is 0.855. The van der Waals surface area contributed by atoms with Crippen LogP contribution in [0.3, 0.4) is 0 Å². The second kappa shape index (κ2) is 5.30. The maximum absolute atomic E-state index is 12.1. The fourth-order valence-corrected chi connectivity index (χ4v) is 2.98. The minimum atomic E-state index is 0.0261. The van der Waals surface area contributed by atoms with Crippen molar-refractivity contribution in [3.8, 4) is 0 Å². The number of hydrogen-bond donors (Lipinski definition) is 0. The van der Waals surface area contributed by atoms with Crippen molar-refractivity contribution in [3.05, 3.63) is 34.6 Å². The molecule has 0 unspecified atom stereocenters. The second-order valence-electron chi connectivity index (χ2n) is 4.55. The lowest BCUT2D eigenvalue weighted by molar-refractivity contribution is 0.0685. The van der Waals surface area contributed by atoms with Crippen LogP contribution in [0.25, 0.3) is 0 Å². The van der Waals surface area contributed by atoms with Crippen LogP contribution < -0.4 is 0 Å². The van der Waals surface area contributed by atoms with Gasteiger partial charge in [0.15, 0.2) is 0 Å². The molecule has 2 aromatic heterocycles. The van der Waals surface area contributed by atoms with Crippen molar-refractivity contribution in [3.63, 3.8) is 0 Å². The van der Waals surface area contributed by atoms with Crippen molar-refractivity contribution < 1.29 is 4.79 Å². The number of halogens is 1. The molecule has 0 aliphatic carbocycles. The molecule has 0 aromatic carbocycles. The molecule has 0 atom stereocenters. The van der Waals surface area contributed by atoms with Gasteiger partial charge in [0, 0.05) is 24.7 Å². The van der Waals surface area contributed by atoms with Gasteiger partial charge < -0.3 is 4.90 Å². The van der Waals surface area contributed by atoms with Crippen molar-refractivity contribution >= 4 is 29.0 Å². The predicted molar refractivity (Wildman–Crippen MR) is 73.5 cm³/mol. The van der Waals surface area contributed by atoms with Gasteiger partial charge in [0.1, 0.15) is 5.69 Å². The smallest absolute Gasteiger partial charge is 0.273 e. The van der Waals surface area contributed by atoms with Crippen LogP contribution in [0.1, 0.15) is 29.4 Å². The maximum Gasteiger partial charge on any atom is 0.273 e. The van der Waals surface area contributed by atoms with E-state index in [1.807, 2.05) is 21.2 Å². The topological polar surface area (TPSA) is 51.0 Å². The highest BCUT2D eigenvalue weighted by Gasteiger charge is 2.25. The zero-order chi connectivity index (χ0) is 13.2. The van der Waals surface area contributed by atoms with Crippen molar-refractivity contribution in [2.45, 2.75) is 18.9 Å². The lowest BCUT2D eigenvalue weighted by atomic mass is 10.1. The van der Waals surface area contributed by atoms with E-state index in [9.17, 15) is 4.79 Å². The van der Waals surface area contributed by atoms with E-state index in [4.69, 9.17) is 11.6 Å². The van der Waals surface area contributed by atoms with Crippen molar-refractivity contribution in [2.75, 3.05) is 13.1 Å². The summed E-state index contributed by atoms with van der Waals surface area (Å²) in [6.07, 6.45) is 5.28. The number of piperidine rings is 1. The van der Waals surface area contributed by atoms with Gasteiger partial charge in [0.25, 0.3) is 5.91 Å². The lowest BCUT2D eigenvalue weighted by Crippen LogP contribution is -2.39.